The number of rotatable bonds is 13. The number of fused-ring (bicyclic) bond motifs is 2. The zero-order valence-electron chi connectivity index (χ0n) is 23.6. The van der Waals surface area contributed by atoms with Crippen molar-refractivity contribution in [3.8, 4) is 34.1 Å². The number of pyridine rings is 2. The van der Waals surface area contributed by atoms with Crippen LogP contribution >= 0.6 is 0 Å². The summed E-state index contributed by atoms with van der Waals surface area (Å²) in [6.45, 7) is 5.23. The van der Waals surface area contributed by atoms with Crippen molar-refractivity contribution in [3.63, 3.8) is 0 Å². The third-order valence-corrected chi connectivity index (χ3v) is 7.11. The molecule has 0 amide bonds. The lowest BCUT2D eigenvalue weighted by molar-refractivity contribution is 0.371. The molecule has 2 aromatic heterocycles. The molecule has 2 aromatic carbocycles. The average Bonchev–Trinajstić information content (AvgIpc) is 2.97. The monoisotopic (exact) mass is 548 g/mol. The molecule has 10 heteroatoms. The second-order valence-electron chi connectivity index (χ2n) is 10.0. The number of nitrogens with zero attached hydrogens (tertiary/aromatic N) is 2. The van der Waals surface area contributed by atoms with Crippen LogP contribution in [0.2, 0.25) is 0 Å². The van der Waals surface area contributed by atoms with Crippen molar-refractivity contribution in [1.82, 2.24) is 9.97 Å². The fourth-order valence-corrected chi connectivity index (χ4v) is 5.20. The first-order chi connectivity index (χ1) is 19.4. The Morgan fingerprint density at radius 1 is 0.750 bits per heavy atom. The van der Waals surface area contributed by atoms with Crippen LogP contribution in [0.3, 0.4) is 0 Å². The number of hydrogen-bond acceptors (Lipinski definition) is 10. The molecule has 0 aliphatic carbocycles. The predicted octanol–water partition coefficient (Wildman–Crippen LogP) is 4.96. The molecule has 0 bridgehead atoms. The molecule has 214 valence electrons. The molecule has 0 aliphatic rings. The molecule has 8 N–H and O–H groups in total. The Morgan fingerprint density at radius 3 is 1.50 bits per heavy atom. The van der Waals surface area contributed by atoms with Gasteiger partial charge in [-0.1, -0.05) is 12.1 Å². The minimum Gasteiger partial charge on any atom is -0.503 e. The summed E-state index contributed by atoms with van der Waals surface area (Å²) in [4.78, 5) is 9.27. The van der Waals surface area contributed by atoms with Crippen molar-refractivity contribution in [1.29, 1.82) is 0 Å². The highest BCUT2D eigenvalue weighted by atomic mass is 16.5. The van der Waals surface area contributed by atoms with Crippen molar-refractivity contribution in [2.45, 2.75) is 51.6 Å². The van der Waals surface area contributed by atoms with E-state index in [-0.39, 0.29) is 35.1 Å². The number of aromatic hydroxyl groups is 2. The molecule has 0 radical (unpaired) electrons. The average molecular weight is 549 g/mol. The lowest BCUT2D eigenvalue weighted by Crippen LogP contribution is -2.18. The highest BCUT2D eigenvalue weighted by molar-refractivity contribution is 6.16. The highest BCUT2D eigenvalue weighted by Gasteiger charge is 2.29. The number of methoxy groups -OCH3 is 2. The van der Waals surface area contributed by atoms with Crippen molar-refractivity contribution in [3.05, 3.63) is 36.7 Å². The Kier molecular flexibility index (Phi) is 9.34. The number of nitrogens with one attached hydrogen (secondary N) is 2. The molecular weight excluding hydrogens is 508 g/mol. The fourth-order valence-electron chi connectivity index (χ4n) is 5.20. The van der Waals surface area contributed by atoms with E-state index in [0.717, 1.165) is 25.7 Å². The Bertz CT molecular complexity index is 1370. The van der Waals surface area contributed by atoms with Crippen LogP contribution < -0.4 is 31.6 Å². The smallest absolute Gasteiger partial charge is 0.184 e. The van der Waals surface area contributed by atoms with Crippen LogP contribution in [0.1, 0.15) is 39.5 Å². The molecule has 4 rings (SSSR count). The number of nitrogens with two attached hydrogens (primary N) is 2. The van der Waals surface area contributed by atoms with E-state index >= 15 is 0 Å². The molecule has 0 aliphatic heterocycles. The van der Waals surface area contributed by atoms with E-state index in [1.54, 1.807) is 12.4 Å². The van der Waals surface area contributed by atoms with Gasteiger partial charge in [0.1, 0.15) is 11.4 Å². The SMILES string of the molecule is COc1c(O)c(NC(C)CCCN)c2ncccc2c1-c1c(OC)c(O)c(NC(C)CCCN)c2ncccc12. The van der Waals surface area contributed by atoms with E-state index < -0.39 is 0 Å². The molecule has 40 heavy (non-hydrogen) atoms. The molecule has 2 atom stereocenters. The Hall–Kier alpha value is -4.02. The number of benzene rings is 2. The quantitative estimate of drug-likeness (QED) is 0.126. The summed E-state index contributed by atoms with van der Waals surface area (Å²) in [6, 6.07) is 7.54. The highest BCUT2D eigenvalue weighted by Crippen LogP contribution is 2.56. The summed E-state index contributed by atoms with van der Waals surface area (Å²) in [5, 5.41) is 31.4. The van der Waals surface area contributed by atoms with Gasteiger partial charge in [-0.2, -0.15) is 0 Å². The minimum absolute atomic E-state index is 0.0328. The second kappa shape index (κ2) is 12.9. The number of hydrogen-bond donors (Lipinski definition) is 6. The van der Waals surface area contributed by atoms with Gasteiger partial charge in [-0.3, -0.25) is 9.97 Å². The topological polar surface area (TPSA) is 161 Å². The van der Waals surface area contributed by atoms with Crippen LogP contribution in [-0.4, -0.2) is 59.6 Å². The van der Waals surface area contributed by atoms with Gasteiger partial charge < -0.3 is 41.8 Å². The molecule has 2 unspecified atom stereocenters. The fraction of sp³-hybridized carbons (Fsp3) is 0.400. The number of aromatic nitrogens is 2. The van der Waals surface area contributed by atoms with Gasteiger partial charge in [0.15, 0.2) is 23.0 Å². The first-order valence-electron chi connectivity index (χ1n) is 13.7. The Morgan fingerprint density at radius 2 is 1.15 bits per heavy atom. The lowest BCUT2D eigenvalue weighted by atomic mass is 9.92. The van der Waals surface area contributed by atoms with Crippen molar-refractivity contribution >= 4 is 33.2 Å². The normalized spacial score (nSPS) is 12.8. The van der Waals surface area contributed by atoms with E-state index in [1.165, 1.54) is 14.2 Å². The molecule has 0 fully saturated rings. The number of phenolic OH excluding ortho intramolecular Hbond substituents is 2. The number of anilines is 2. The van der Waals surface area contributed by atoms with E-state index in [1.807, 2.05) is 38.1 Å². The Balaban J connectivity index is 2.03. The van der Waals surface area contributed by atoms with Crippen LogP contribution in [0.5, 0.6) is 23.0 Å². The van der Waals surface area contributed by atoms with E-state index in [4.69, 9.17) is 20.9 Å². The molecule has 10 nitrogen and oxygen atoms in total. The molecule has 0 saturated heterocycles. The number of phenols is 2. The van der Waals surface area contributed by atoms with Crippen LogP contribution in [0.15, 0.2) is 36.7 Å². The molecule has 0 spiro atoms. The van der Waals surface area contributed by atoms with E-state index in [9.17, 15) is 10.2 Å². The van der Waals surface area contributed by atoms with E-state index in [2.05, 4.69) is 20.6 Å². The standard InChI is InChI=1S/C30H40N6O4/c1-17(9-5-13-31)35-25-23-19(11-7-15-33-23)21(29(39-3)27(25)37)22-20-12-8-16-34-24(20)26(28(38)30(22)40-4)36-18(2)10-6-14-32/h7-8,11-12,15-18,35-38H,5-6,9-10,13-14,31-32H2,1-4H3. The first-order valence-corrected chi connectivity index (χ1v) is 13.7. The summed E-state index contributed by atoms with van der Waals surface area (Å²) in [5.41, 5.74) is 14.6. The van der Waals surface area contributed by atoms with Crippen molar-refractivity contribution < 1.29 is 19.7 Å². The summed E-state index contributed by atoms with van der Waals surface area (Å²) in [5.74, 6) is 0.293. The Labute approximate surface area is 234 Å². The zero-order chi connectivity index (χ0) is 28.8. The maximum absolute atomic E-state index is 11.6. The third-order valence-electron chi connectivity index (χ3n) is 7.11. The van der Waals surface area contributed by atoms with Gasteiger partial charge in [-0.25, -0.2) is 0 Å². The summed E-state index contributed by atoms with van der Waals surface area (Å²) in [7, 11) is 3.01. The molecule has 2 heterocycles. The lowest BCUT2D eigenvalue weighted by Gasteiger charge is -2.25. The van der Waals surface area contributed by atoms with Crippen molar-refractivity contribution in [2.24, 2.45) is 11.5 Å². The van der Waals surface area contributed by atoms with Gasteiger partial charge in [0.05, 0.1) is 25.3 Å². The maximum atomic E-state index is 11.6. The zero-order valence-corrected chi connectivity index (χ0v) is 23.6. The van der Waals surface area contributed by atoms with Crippen molar-refractivity contribution in [2.75, 3.05) is 37.9 Å². The number of ether oxygens (including phenoxy) is 2. The van der Waals surface area contributed by atoms with Gasteiger partial charge in [0.2, 0.25) is 0 Å². The van der Waals surface area contributed by atoms with E-state index in [0.29, 0.717) is 57.4 Å². The summed E-state index contributed by atoms with van der Waals surface area (Å²) in [6.07, 6.45) is 6.69. The van der Waals surface area contributed by atoms with Gasteiger partial charge in [-0.05, 0) is 64.8 Å². The third kappa shape index (κ3) is 5.50. The van der Waals surface area contributed by atoms with Crippen LogP contribution in [-0.2, 0) is 0 Å². The summed E-state index contributed by atoms with van der Waals surface area (Å²) >= 11 is 0. The van der Waals surface area contributed by atoms with Crippen LogP contribution in [0, 0.1) is 0 Å². The minimum atomic E-state index is -0.0838. The maximum Gasteiger partial charge on any atom is 0.184 e. The van der Waals surface area contributed by atoms with Gasteiger partial charge >= 0.3 is 0 Å². The molecule has 4 aromatic rings. The first kappa shape index (κ1) is 29.0. The van der Waals surface area contributed by atoms with Gasteiger partial charge in [0.25, 0.3) is 0 Å². The predicted molar refractivity (Wildman–Crippen MR) is 162 cm³/mol. The summed E-state index contributed by atoms with van der Waals surface area (Å²) < 4.78 is 11.7. The second-order valence-corrected chi connectivity index (χ2v) is 10.0. The largest absolute Gasteiger partial charge is 0.503 e. The molecular formula is C30H40N6O4. The van der Waals surface area contributed by atoms with Crippen LogP contribution in [0.25, 0.3) is 32.9 Å². The van der Waals surface area contributed by atoms with Gasteiger partial charge in [-0.15, -0.1) is 0 Å². The van der Waals surface area contributed by atoms with Crippen LogP contribution in [0.4, 0.5) is 11.4 Å². The van der Waals surface area contributed by atoms with Gasteiger partial charge in [0, 0.05) is 46.4 Å². The molecule has 0 saturated carbocycles.